The van der Waals surface area contributed by atoms with Crippen LogP contribution >= 0.6 is 0 Å². The van der Waals surface area contributed by atoms with Gasteiger partial charge in [0.15, 0.2) is 0 Å². The monoisotopic (exact) mass is 476 g/mol. The molecule has 3 rings (SSSR count). The van der Waals surface area contributed by atoms with E-state index in [0.29, 0.717) is 12.2 Å². The predicted molar refractivity (Wildman–Crippen MR) is 119 cm³/mol. The molecule has 3 aromatic rings. The first-order chi connectivity index (χ1) is 16.3. The van der Waals surface area contributed by atoms with E-state index in [1.807, 2.05) is 0 Å². The number of hydrogen-bond donors (Lipinski definition) is 2. The van der Waals surface area contributed by atoms with Crippen molar-refractivity contribution < 1.29 is 32.2 Å². The van der Waals surface area contributed by atoms with Gasteiger partial charge >= 0.3 is 6.18 Å². The topological polar surface area (TPSA) is 94.5 Å². The van der Waals surface area contributed by atoms with Gasteiger partial charge in [0.1, 0.15) is 12.4 Å². The molecule has 34 heavy (non-hydrogen) atoms. The van der Waals surface area contributed by atoms with Crippen molar-refractivity contribution in [3.63, 3.8) is 0 Å². The molecule has 0 radical (unpaired) electrons. The maximum atomic E-state index is 13.2. The third-order valence-corrected chi connectivity index (χ3v) is 4.66. The number of methoxy groups -OCH3 is 1. The third kappa shape index (κ3) is 7.07. The number of amides is 2. The summed E-state index contributed by atoms with van der Waals surface area (Å²) in [4.78, 5) is 28.9. The van der Waals surface area contributed by atoms with Gasteiger partial charge in [-0.25, -0.2) is 4.98 Å². The molecule has 0 bridgehead atoms. The molecule has 2 amide bonds. The van der Waals surface area contributed by atoms with Crippen LogP contribution in [0.15, 0.2) is 61.2 Å². The second-order valence-electron chi connectivity index (χ2n) is 7.18. The third-order valence-electron chi connectivity index (χ3n) is 4.66. The number of carbonyl (C=O) groups excluding carboxylic acids is 2. The Bertz CT molecular complexity index is 1120. The van der Waals surface area contributed by atoms with E-state index in [0.717, 1.165) is 18.2 Å². The van der Waals surface area contributed by atoms with Crippen LogP contribution in [0.4, 0.5) is 24.5 Å². The fourth-order valence-corrected chi connectivity index (χ4v) is 2.97. The molecule has 180 valence electrons. The Hall–Kier alpha value is -3.86. The van der Waals surface area contributed by atoms with Crippen LogP contribution in [0.1, 0.15) is 22.3 Å². The van der Waals surface area contributed by atoms with Gasteiger partial charge < -0.3 is 24.7 Å². The Labute approximate surface area is 193 Å². The number of nitrogens with one attached hydrogen (secondary N) is 2. The Morgan fingerprint density at radius 2 is 1.91 bits per heavy atom. The average Bonchev–Trinajstić information content (AvgIpc) is 3.32. The molecular formula is C23H23F3N4O4. The van der Waals surface area contributed by atoms with Crippen LogP contribution in [0.2, 0.25) is 0 Å². The summed E-state index contributed by atoms with van der Waals surface area (Å²) in [6, 6.07) is 8.90. The number of aryl methyl sites for hydroxylation is 1. The van der Waals surface area contributed by atoms with Crippen LogP contribution in [0.3, 0.4) is 0 Å². The van der Waals surface area contributed by atoms with Gasteiger partial charge in [-0.2, -0.15) is 13.2 Å². The predicted octanol–water partition coefficient (Wildman–Crippen LogP) is 4.21. The molecule has 2 aromatic carbocycles. The molecule has 0 aliphatic rings. The van der Waals surface area contributed by atoms with Gasteiger partial charge in [0.2, 0.25) is 5.91 Å². The average molecular weight is 476 g/mol. The molecule has 0 fully saturated rings. The summed E-state index contributed by atoms with van der Waals surface area (Å²) in [6.07, 6.45) is 0.543. The summed E-state index contributed by atoms with van der Waals surface area (Å²) < 4.78 is 51.6. The van der Waals surface area contributed by atoms with Crippen LogP contribution in [0.5, 0.6) is 5.75 Å². The largest absolute Gasteiger partial charge is 0.489 e. The number of ether oxygens (including phenoxy) is 2. The van der Waals surface area contributed by atoms with Gasteiger partial charge in [0.25, 0.3) is 5.91 Å². The number of rotatable bonds is 10. The van der Waals surface area contributed by atoms with Crippen LogP contribution in [-0.4, -0.2) is 41.7 Å². The number of hydrogen-bond acceptors (Lipinski definition) is 5. The zero-order valence-electron chi connectivity index (χ0n) is 18.3. The maximum absolute atomic E-state index is 13.2. The molecule has 0 spiro atoms. The van der Waals surface area contributed by atoms with E-state index in [4.69, 9.17) is 9.47 Å². The number of alkyl halides is 3. The van der Waals surface area contributed by atoms with E-state index < -0.39 is 17.6 Å². The number of imidazole rings is 1. The molecule has 0 saturated heterocycles. The highest BCUT2D eigenvalue weighted by Crippen LogP contribution is 2.35. The normalized spacial score (nSPS) is 11.2. The highest BCUT2D eigenvalue weighted by Gasteiger charge is 2.31. The van der Waals surface area contributed by atoms with Crippen LogP contribution in [0.25, 0.3) is 0 Å². The molecule has 11 heteroatoms. The quantitative estimate of drug-likeness (QED) is 0.428. The van der Waals surface area contributed by atoms with Gasteiger partial charge in [0, 0.05) is 43.7 Å². The lowest BCUT2D eigenvalue weighted by molar-refractivity contribution is -0.137. The van der Waals surface area contributed by atoms with E-state index >= 15 is 0 Å². The summed E-state index contributed by atoms with van der Waals surface area (Å²) in [6.45, 7) is 0.746. The summed E-state index contributed by atoms with van der Waals surface area (Å²) in [5, 5.41) is 5.16. The summed E-state index contributed by atoms with van der Waals surface area (Å²) in [7, 11) is 1.46. The second-order valence-corrected chi connectivity index (χ2v) is 7.18. The number of benzene rings is 2. The Morgan fingerprint density at radius 3 is 2.62 bits per heavy atom. The standard InChI is InChI=1S/C23H23F3N4O4/c1-33-11-12-34-20-6-5-17(23(24,25)26)14-19(20)29-22(32)16-3-2-4-18(13-16)28-21(31)7-9-30-10-8-27-15-30/h2-6,8,10,13-15H,7,9,11-12H2,1H3,(H,28,31)(H,29,32). The van der Waals surface area contributed by atoms with Crippen molar-refractivity contribution in [2.45, 2.75) is 19.1 Å². The van der Waals surface area contributed by atoms with Crippen LogP contribution < -0.4 is 15.4 Å². The first-order valence-corrected chi connectivity index (χ1v) is 10.3. The minimum Gasteiger partial charge on any atom is -0.489 e. The van der Waals surface area contributed by atoms with Crippen molar-refractivity contribution >= 4 is 23.2 Å². The highest BCUT2D eigenvalue weighted by molar-refractivity contribution is 6.06. The molecule has 1 aromatic heterocycles. The molecular weight excluding hydrogens is 453 g/mol. The molecule has 1 heterocycles. The first kappa shape index (κ1) is 24.8. The van der Waals surface area contributed by atoms with Crippen molar-refractivity contribution in [2.75, 3.05) is 31.0 Å². The number of nitrogens with zero attached hydrogens (tertiary/aromatic N) is 2. The SMILES string of the molecule is COCCOc1ccc(C(F)(F)F)cc1NC(=O)c1cccc(NC(=O)CCn2ccnc2)c1. The second kappa shape index (κ2) is 11.3. The van der Waals surface area contributed by atoms with Crippen molar-refractivity contribution in [3.05, 3.63) is 72.3 Å². The van der Waals surface area contributed by atoms with Crippen LogP contribution in [0, 0.1) is 0 Å². The number of anilines is 2. The van der Waals surface area contributed by atoms with E-state index in [1.165, 1.54) is 19.2 Å². The minimum absolute atomic E-state index is 0.0716. The molecule has 8 nitrogen and oxygen atoms in total. The van der Waals surface area contributed by atoms with Gasteiger partial charge in [-0.3, -0.25) is 9.59 Å². The number of halogens is 3. The molecule has 0 aliphatic heterocycles. The summed E-state index contributed by atoms with van der Waals surface area (Å²) in [5.41, 5.74) is -0.539. The molecule has 0 saturated carbocycles. The molecule has 0 atom stereocenters. The number of aromatic nitrogens is 2. The lowest BCUT2D eigenvalue weighted by atomic mass is 10.1. The van der Waals surface area contributed by atoms with Gasteiger partial charge in [0.05, 0.1) is 24.2 Å². The Kier molecular flexibility index (Phi) is 8.25. The number of carbonyl (C=O) groups is 2. The minimum atomic E-state index is -4.59. The van der Waals surface area contributed by atoms with Gasteiger partial charge in [-0.15, -0.1) is 0 Å². The lowest BCUT2D eigenvalue weighted by Gasteiger charge is -2.15. The Morgan fingerprint density at radius 1 is 1.09 bits per heavy atom. The van der Waals surface area contributed by atoms with E-state index in [9.17, 15) is 22.8 Å². The zero-order chi connectivity index (χ0) is 24.6. The fourth-order valence-electron chi connectivity index (χ4n) is 2.97. The zero-order valence-corrected chi connectivity index (χ0v) is 18.3. The van der Waals surface area contributed by atoms with Crippen LogP contribution in [-0.2, 0) is 22.3 Å². The molecule has 2 N–H and O–H groups in total. The maximum Gasteiger partial charge on any atom is 0.416 e. The molecule has 0 unspecified atom stereocenters. The van der Waals surface area contributed by atoms with Crippen molar-refractivity contribution in [1.82, 2.24) is 9.55 Å². The Balaban J connectivity index is 1.71. The van der Waals surface area contributed by atoms with E-state index in [1.54, 1.807) is 35.4 Å². The summed E-state index contributed by atoms with van der Waals surface area (Å²) in [5.74, 6) is -0.856. The van der Waals surface area contributed by atoms with Gasteiger partial charge in [-0.1, -0.05) is 6.07 Å². The highest BCUT2D eigenvalue weighted by atomic mass is 19.4. The first-order valence-electron chi connectivity index (χ1n) is 10.3. The van der Waals surface area contributed by atoms with Crippen molar-refractivity contribution in [3.8, 4) is 5.75 Å². The van der Waals surface area contributed by atoms with Gasteiger partial charge in [-0.05, 0) is 36.4 Å². The van der Waals surface area contributed by atoms with Crippen molar-refractivity contribution in [2.24, 2.45) is 0 Å². The van der Waals surface area contributed by atoms with E-state index in [2.05, 4.69) is 15.6 Å². The fraction of sp³-hybridized carbons (Fsp3) is 0.261. The van der Waals surface area contributed by atoms with Crippen molar-refractivity contribution in [1.29, 1.82) is 0 Å². The lowest BCUT2D eigenvalue weighted by Crippen LogP contribution is -2.17. The summed E-state index contributed by atoms with van der Waals surface area (Å²) >= 11 is 0. The molecule has 0 aliphatic carbocycles. The smallest absolute Gasteiger partial charge is 0.416 e. The van der Waals surface area contributed by atoms with E-state index in [-0.39, 0.29) is 42.5 Å².